The van der Waals surface area contributed by atoms with Crippen molar-refractivity contribution in [1.29, 1.82) is 0 Å². The fourth-order valence-corrected chi connectivity index (χ4v) is 2.98. The minimum absolute atomic E-state index is 0.0377. The van der Waals surface area contributed by atoms with Crippen molar-refractivity contribution in [2.75, 3.05) is 13.1 Å². The number of aliphatic hydroxyl groups is 1. The van der Waals surface area contributed by atoms with Crippen LogP contribution in [0.5, 0.6) is 0 Å². The molecule has 0 radical (unpaired) electrons. The predicted molar refractivity (Wildman–Crippen MR) is 69.9 cm³/mol. The van der Waals surface area contributed by atoms with Gasteiger partial charge in [-0.05, 0) is 31.2 Å². The molecule has 1 aliphatic carbocycles. The van der Waals surface area contributed by atoms with E-state index in [2.05, 4.69) is 0 Å². The fourth-order valence-electron chi connectivity index (χ4n) is 2.98. The van der Waals surface area contributed by atoms with Crippen LogP contribution in [0.25, 0.3) is 0 Å². The van der Waals surface area contributed by atoms with E-state index in [-0.39, 0.29) is 24.7 Å². The molecular weight excluding hydrogens is 255 g/mol. The van der Waals surface area contributed by atoms with Crippen molar-refractivity contribution >= 4 is 0 Å². The Morgan fingerprint density at radius 3 is 2.16 bits per heavy atom. The average Bonchev–Trinajstić information content (AvgIpc) is 2.22. The van der Waals surface area contributed by atoms with Crippen molar-refractivity contribution < 1.29 is 18.3 Å². The number of hydrogen-bond donors (Lipinski definition) is 1. The summed E-state index contributed by atoms with van der Waals surface area (Å²) in [5.41, 5.74) is -0.0471. The molecule has 3 atom stereocenters. The lowest BCUT2D eigenvalue weighted by Gasteiger charge is -2.44. The van der Waals surface area contributed by atoms with Crippen LogP contribution in [-0.2, 0) is 0 Å². The van der Waals surface area contributed by atoms with Crippen LogP contribution in [-0.4, -0.2) is 41.4 Å². The smallest absolute Gasteiger partial charge is 0.393 e. The first-order chi connectivity index (χ1) is 8.54. The Morgan fingerprint density at radius 1 is 1.16 bits per heavy atom. The molecule has 0 spiro atoms. The molecule has 0 bridgehead atoms. The third-order valence-corrected chi connectivity index (χ3v) is 3.76. The second kappa shape index (κ2) is 6.00. The van der Waals surface area contributed by atoms with E-state index in [1.54, 1.807) is 0 Å². The van der Waals surface area contributed by atoms with Crippen LogP contribution in [0.2, 0.25) is 0 Å². The summed E-state index contributed by atoms with van der Waals surface area (Å²) >= 11 is 0. The summed E-state index contributed by atoms with van der Waals surface area (Å²) in [5, 5.41) is 9.71. The summed E-state index contributed by atoms with van der Waals surface area (Å²) in [7, 11) is 0. The number of alkyl halides is 3. The monoisotopic (exact) mass is 281 g/mol. The number of rotatable bonds is 3. The summed E-state index contributed by atoms with van der Waals surface area (Å²) in [4.78, 5) is 1.89. The predicted octanol–water partition coefficient (Wildman–Crippen LogP) is 3.45. The zero-order valence-corrected chi connectivity index (χ0v) is 12.3. The molecule has 0 aromatic carbocycles. The lowest BCUT2D eigenvalue weighted by Crippen LogP contribution is -2.52. The van der Waals surface area contributed by atoms with Gasteiger partial charge in [0.25, 0.3) is 0 Å². The van der Waals surface area contributed by atoms with Gasteiger partial charge in [0.05, 0.1) is 12.0 Å². The SMILES string of the molecule is CCN(CC(C)(C)C)C1CC(O)CCC1C(F)(F)F. The highest BCUT2D eigenvalue weighted by Gasteiger charge is 2.49. The standard InChI is InChI=1S/C14H26F3NO/c1-5-18(9-13(2,3)4)12-8-10(19)6-7-11(12)14(15,16)17/h10-12,19H,5-9H2,1-4H3. The molecule has 0 amide bonds. The number of aliphatic hydroxyl groups excluding tert-OH is 1. The molecule has 0 heterocycles. The van der Waals surface area contributed by atoms with Gasteiger partial charge in [-0.2, -0.15) is 13.2 Å². The number of nitrogens with zero attached hydrogens (tertiary/aromatic N) is 1. The van der Waals surface area contributed by atoms with Gasteiger partial charge in [0.1, 0.15) is 0 Å². The van der Waals surface area contributed by atoms with E-state index in [1.807, 2.05) is 32.6 Å². The zero-order chi connectivity index (χ0) is 14.8. The van der Waals surface area contributed by atoms with Crippen LogP contribution in [0.4, 0.5) is 13.2 Å². The molecule has 1 aliphatic rings. The Balaban J connectivity index is 2.88. The molecule has 0 aromatic heterocycles. The Kier molecular flexibility index (Phi) is 5.29. The number of halogens is 3. The van der Waals surface area contributed by atoms with Gasteiger partial charge >= 0.3 is 6.18 Å². The molecule has 2 nitrogen and oxygen atoms in total. The maximum absolute atomic E-state index is 13.1. The molecule has 3 unspecified atom stereocenters. The van der Waals surface area contributed by atoms with Gasteiger partial charge in [0, 0.05) is 12.6 Å². The normalized spacial score (nSPS) is 29.8. The fraction of sp³-hybridized carbons (Fsp3) is 1.00. The second-order valence-electron chi connectivity index (χ2n) is 6.81. The van der Waals surface area contributed by atoms with Crippen molar-refractivity contribution in [3.8, 4) is 0 Å². The second-order valence-corrected chi connectivity index (χ2v) is 6.81. The van der Waals surface area contributed by atoms with Crippen LogP contribution < -0.4 is 0 Å². The van der Waals surface area contributed by atoms with E-state index in [9.17, 15) is 18.3 Å². The molecule has 1 N–H and O–H groups in total. The molecule has 0 saturated heterocycles. The summed E-state index contributed by atoms with van der Waals surface area (Å²) in [5.74, 6) is -1.31. The van der Waals surface area contributed by atoms with Crippen molar-refractivity contribution in [2.24, 2.45) is 11.3 Å². The van der Waals surface area contributed by atoms with E-state index >= 15 is 0 Å². The van der Waals surface area contributed by atoms with Crippen LogP contribution in [0, 0.1) is 11.3 Å². The van der Waals surface area contributed by atoms with Crippen molar-refractivity contribution in [2.45, 2.75) is 65.3 Å². The summed E-state index contributed by atoms with van der Waals surface area (Å²) in [6.45, 7) is 9.17. The van der Waals surface area contributed by atoms with Crippen LogP contribution in [0.1, 0.15) is 47.0 Å². The summed E-state index contributed by atoms with van der Waals surface area (Å²) in [6, 6.07) is -0.590. The third-order valence-electron chi connectivity index (χ3n) is 3.76. The van der Waals surface area contributed by atoms with E-state index in [0.29, 0.717) is 13.1 Å². The maximum atomic E-state index is 13.1. The molecule has 5 heteroatoms. The van der Waals surface area contributed by atoms with Crippen LogP contribution >= 0.6 is 0 Å². The summed E-state index contributed by atoms with van der Waals surface area (Å²) in [6.07, 6.45) is -4.24. The maximum Gasteiger partial charge on any atom is 0.393 e. The Hall–Kier alpha value is -0.290. The van der Waals surface area contributed by atoms with Gasteiger partial charge < -0.3 is 5.11 Å². The van der Waals surface area contributed by atoms with E-state index in [0.717, 1.165) is 0 Å². The first-order valence-corrected chi connectivity index (χ1v) is 7.03. The third kappa shape index (κ3) is 4.95. The Labute approximate surface area is 114 Å². The van der Waals surface area contributed by atoms with Gasteiger partial charge in [0.15, 0.2) is 0 Å². The average molecular weight is 281 g/mol. The van der Waals surface area contributed by atoms with Crippen LogP contribution in [0.3, 0.4) is 0 Å². The lowest BCUT2D eigenvalue weighted by atomic mass is 9.80. The Bertz CT molecular complexity index is 285. The molecule has 114 valence electrons. The lowest BCUT2D eigenvalue weighted by molar-refractivity contribution is -0.206. The van der Waals surface area contributed by atoms with Gasteiger partial charge in [0.2, 0.25) is 0 Å². The molecule has 0 aromatic rings. The summed E-state index contributed by atoms with van der Waals surface area (Å²) < 4.78 is 39.4. The van der Waals surface area contributed by atoms with E-state index in [4.69, 9.17) is 0 Å². The molecule has 1 rings (SSSR count). The first-order valence-electron chi connectivity index (χ1n) is 7.03. The van der Waals surface area contributed by atoms with Gasteiger partial charge in [-0.25, -0.2) is 0 Å². The van der Waals surface area contributed by atoms with E-state index < -0.39 is 24.2 Å². The minimum Gasteiger partial charge on any atom is -0.393 e. The number of hydrogen-bond acceptors (Lipinski definition) is 2. The molecular formula is C14H26F3NO. The highest BCUT2D eigenvalue weighted by atomic mass is 19.4. The quantitative estimate of drug-likeness (QED) is 0.856. The Morgan fingerprint density at radius 2 is 1.74 bits per heavy atom. The topological polar surface area (TPSA) is 23.5 Å². The first kappa shape index (κ1) is 16.8. The minimum atomic E-state index is -4.17. The van der Waals surface area contributed by atoms with Gasteiger partial charge in [-0.1, -0.05) is 27.7 Å². The zero-order valence-electron chi connectivity index (χ0n) is 12.3. The van der Waals surface area contributed by atoms with Crippen molar-refractivity contribution in [1.82, 2.24) is 4.90 Å². The van der Waals surface area contributed by atoms with E-state index in [1.165, 1.54) is 0 Å². The molecule has 0 aliphatic heterocycles. The van der Waals surface area contributed by atoms with Crippen molar-refractivity contribution in [3.63, 3.8) is 0 Å². The van der Waals surface area contributed by atoms with Crippen LogP contribution in [0.15, 0.2) is 0 Å². The highest BCUT2D eigenvalue weighted by molar-refractivity contribution is 4.91. The van der Waals surface area contributed by atoms with Crippen molar-refractivity contribution in [3.05, 3.63) is 0 Å². The highest BCUT2D eigenvalue weighted by Crippen LogP contribution is 2.40. The molecule has 1 saturated carbocycles. The van der Waals surface area contributed by atoms with Gasteiger partial charge in [-0.15, -0.1) is 0 Å². The molecule has 1 fully saturated rings. The largest absolute Gasteiger partial charge is 0.393 e. The molecule has 19 heavy (non-hydrogen) atoms. The van der Waals surface area contributed by atoms with Gasteiger partial charge in [-0.3, -0.25) is 4.90 Å².